The number of nitrogens with zero attached hydrogens (tertiary/aromatic N) is 2. The summed E-state index contributed by atoms with van der Waals surface area (Å²) >= 11 is 0. The topological polar surface area (TPSA) is 38.1 Å². The van der Waals surface area contributed by atoms with Gasteiger partial charge in [0.2, 0.25) is 0 Å². The number of imidazole rings is 1. The van der Waals surface area contributed by atoms with E-state index in [0.717, 1.165) is 31.6 Å². The van der Waals surface area contributed by atoms with E-state index in [9.17, 15) is 5.11 Å². The molecule has 1 N–H and O–H groups in total. The summed E-state index contributed by atoms with van der Waals surface area (Å²) in [6, 6.07) is 0. The molecule has 1 rings (SSSR count). The summed E-state index contributed by atoms with van der Waals surface area (Å²) in [5.41, 5.74) is 0. The number of unbranched alkanes of at least 4 members (excludes halogenated alkanes) is 3. The van der Waals surface area contributed by atoms with Crippen LogP contribution in [0.25, 0.3) is 0 Å². The van der Waals surface area contributed by atoms with Gasteiger partial charge in [-0.3, -0.25) is 0 Å². The molecule has 0 saturated carbocycles. The predicted octanol–water partition coefficient (Wildman–Crippen LogP) is 3.17. The van der Waals surface area contributed by atoms with Crippen LogP contribution in [-0.2, 0) is 13.0 Å². The summed E-state index contributed by atoms with van der Waals surface area (Å²) in [7, 11) is 0. The molecule has 17 heavy (non-hydrogen) atoms. The van der Waals surface area contributed by atoms with Gasteiger partial charge in [-0.2, -0.15) is 0 Å². The molecular formula is C14H26N2O. The van der Waals surface area contributed by atoms with E-state index < -0.39 is 0 Å². The van der Waals surface area contributed by atoms with E-state index in [-0.39, 0.29) is 6.10 Å². The third-order valence-electron chi connectivity index (χ3n) is 3.08. The molecule has 0 aliphatic rings. The summed E-state index contributed by atoms with van der Waals surface area (Å²) in [6.45, 7) is 5.36. The van der Waals surface area contributed by atoms with Gasteiger partial charge < -0.3 is 9.67 Å². The Morgan fingerprint density at radius 1 is 1.24 bits per heavy atom. The summed E-state index contributed by atoms with van der Waals surface area (Å²) in [4.78, 5) is 4.32. The zero-order valence-corrected chi connectivity index (χ0v) is 11.2. The Balaban J connectivity index is 2.29. The molecule has 3 heteroatoms. The Bertz CT molecular complexity index is 296. The SMILES string of the molecule is CCCCCCC(O)Cc1nccn1CCC. The van der Waals surface area contributed by atoms with E-state index in [4.69, 9.17) is 0 Å². The second kappa shape index (κ2) is 8.29. The lowest BCUT2D eigenvalue weighted by atomic mass is 10.1. The highest BCUT2D eigenvalue weighted by molar-refractivity contribution is 4.94. The van der Waals surface area contributed by atoms with Crippen molar-refractivity contribution in [2.75, 3.05) is 0 Å². The van der Waals surface area contributed by atoms with Gasteiger partial charge in [-0.1, -0.05) is 39.5 Å². The summed E-state index contributed by atoms with van der Waals surface area (Å²) < 4.78 is 2.15. The highest BCUT2D eigenvalue weighted by atomic mass is 16.3. The molecule has 1 atom stereocenters. The van der Waals surface area contributed by atoms with Gasteiger partial charge in [-0.25, -0.2) is 4.98 Å². The molecule has 3 nitrogen and oxygen atoms in total. The molecule has 98 valence electrons. The molecule has 0 aliphatic heterocycles. The molecule has 1 aromatic rings. The molecule has 1 aromatic heterocycles. The number of rotatable bonds is 9. The van der Waals surface area contributed by atoms with Gasteiger partial charge in [0, 0.05) is 25.4 Å². The zero-order valence-electron chi connectivity index (χ0n) is 11.2. The molecule has 0 fully saturated rings. The molecule has 0 saturated heterocycles. The minimum Gasteiger partial charge on any atom is -0.393 e. The summed E-state index contributed by atoms with van der Waals surface area (Å²) in [5.74, 6) is 1.02. The first-order chi connectivity index (χ1) is 8.27. The average Bonchev–Trinajstić information content (AvgIpc) is 2.73. The predicted molar refractivity (Wildman–Crippen MR) is 71.0 cm³/mol. The van der Waals surface area contributed by atoms with Crippen molar-refractivity contribution in [3.63, 3.8) is 0 Å². The maximum Gasteiger partial charge on any atom is 0.111 e. The fraction of sp³-hybridized carbons (Fsp3) is 0.786. The van der Waals surface area contributed by atoms with Crippen molar-refractivity contribution in [2.24, 2.45) is 0 Å². The van der Waals surface area contributed by atoms with Crippen LogP contribution in [0, 0.1) is 0 Å². The Morgan fingerprint density at radius 3 is 2.76 bits per heavy atom. The number of hydrogen-bond acceptors (Lipinski definition) is 2. The molecule has 0 bridgehead atoms. The normalized spacial score (nSPS) is 12.9. The monoisotopic (exact) mass is 238 g/mol. The number of hydrogen-bond donors (Lipinski definition) is 1. The standard InChI is InChI=1S/C14H26N2O/c1-3-5-6-7-8-13(17)12-14-15-9-11-16(14)10-4-2/h9,11,13,17H,3-8,10,12H2,1-2H3. The van der Waals surface area contributed by atoms with Crippen molar-refractivity contribution >= 4 is 0 Å². The van der Waals surface area contributed by atoms with E-state index >= 15 is 0 Å². The molecular weight excluding hydrogens is 212 g/mol. The van der Waals surface area contributed by atoms with Gasteiger partial charge in [-0.05, 0) is 12.8 Å². The average molecular weight is 238 g/mol. The van der Waals surface area contributed by atoms with Crippen LogP contribution in [0.3, 0.4) is 0 Å². The molecule has 0 aliphatic carbocycles. The second-order valence-electron chi connectivity index (χ2n) is 4.74. The quantitative estimate of drug-likeness (QED) is 0.671. The van der Waals surface area contributed by atoms with Gasteiger partial charge in [-0.15, -0.1) is 0 Å². The summed E-state index contributed by atoms with van der Waals surface area (Å²) in [5, 5.41) is 9.96. The number of aryl methyl sites for hydroxylation is 1. The van der Waals surface area contributed by atoms with E-state index in [1.165, 1.54) is 19.3 Å². The van der Waals surface area contributed by atoms with Crippen LogP contribution in [0.15, 0.2) is 12.4 Å². The number of aliphatic hydroxyl groups excluding tert-OH is 1. The molecule has 0 amide bonds. The van der Waals surface area contributed by atoms with Crippen LogP contribution in [0.2, 0.25) is 0 Å². The van der Waals surface area contributed by atoms with Crippen molar-refractivity contribution in [2.45, 2.75) is 71.4 Å². The Labute approximate surface area is 105 Å². The van der Waals surface area contributed by atoms with E-state index in [1.54, 1.807) is 0 Å². The lowest BCUT2D eigenvalue weighted by Crippen LogP contribution is -2.14. The number of aromatic nitrogens is 2. The highest BCUT2D eigenvalue weighted by Crippen LogP contribution is 2.10. The molecule has 0 spiro atoms. The van der Waals surface area contributed by atoms with Gasteiger partial charge in [0.25, 0.3) is 0 Å². The van der Waals surface area contributed by atoms with Crippen LogP contribution >= 0.6 is 0 Å². The molecule has 1 unspecified atom stereocenters. The first-order valence-electron chi connectivity index (χ1n) is 6.96. The van der Waals surface area contributed by atoms with Crippen LogP contribution in [0.5, 0.6) is 0 Å². The van der Waals surface area contributed by atoms with E-state index in [1.807, 2.05) is 12.4 Å². The van der Waals surface area contributed by atoms with Gasteiger partial charge in [0.15, 0.2) is 0 Å². The maximum atomic E-state index is 9.96. The zero-order chi connectivity index (χ0) is 12.5. The van der Waals surface area contributed by atoms with Crippen LogP contribution in [0.4, 0.5) is 0 Å². The first kappa shape index (κ1) is 14.2. The minimum atomic E-state index is -0.232. The second-order valence-corrected chi connectivity index (χ2v) is 4.74. The van der Waals surface area contributed by atoms with E-state index in [2.05, 4.69) is 23.4 Å². The molecule has 0 radical (unpaired) electrons. The van der Waals surface area contributed by atoms with Crippen molar-refractivity contribution in [3.8, 4) is 0 Å². The Morgan fingerprint density at radius 2 is 2.06 bits per heavy atom. The minimum absolute atomic E-state index is 0.232. The van der Waals surface area contributed by atoms with Crippen molar-refractivity contribution in [3.05, 3.63) is 18.2 Å². The molecule has 0 aromatic carbocycles. The highest BCUT2D eigenvalue weighted by Gasteiger charge is 2.09. The van der Waals surface area contributed by atoms with Crippen molar-refractivity contribution < 1.29 is 5.11 Å². The fourth-order valence-electron chi connectivity index (χ4n) is 2.09. The smallest absolute Gasteiger partial charge is 0.111 e. The Kier molecular flexibility index (Phi) is 6.94. The largest absolute Gasteiger partial charge is 0.393 e. The summed E-state index contributed by atoms with van der Waals surface area (Å²) in [6.07, 6.45) is 11.2. The van der Waals surface area contributed by atoms with Crippen LogP contribution < -0.4 is 0 Å². The van der Waals surface area contributed by atoms with Gasteiger partial charge >= 0.3 is 0 Å². The Hall–Kier alpha value is -0.830. The third kappa shape index (κ3) is 5.35. The van der Waals surface area contributed by atoms with Crippen LogP contribution in [0.1, 0.15) is 58.2 Å². The first-order valence-corrected chi connectivity index (χ1v) is 6.96. The van der Waals surface area contributed by atoms with Crippen molar-refractivity contribution in [1.82, 2.24) is 9.55 Å². The van der Waals surface area contributed by atoms with E-state index in [0.29, 0.717) is 6.42 Å². The molecule has 1 heterocycles. The third-order valence-corrected chi connectivity index (χ3v) is 3.08. The van der Waals surface area contributed by atoms with Gasteiger partial charge in [0.1, 0.15) is 5.82 Å². The van der Waals surface area contributed by atoms with Crippen LogP contribution in [-0.4, -0.2) is 20.8 Å². The van der Waals surface area contributed by atoms with Crippen molar-refractivity contribution in [1.29, 1.82) is 0 Å². The van der Waals surface area contributed by atoms with Gasteiger partial charge in [0.05, 0.1) is 6.10 Å². The lowest BCUT2D eigenvalue weighted by Gasteiger charge is -2.11. The fourth-order valence-corrected chi connectivity index (χ4v) is 2.09. The maximum absolute atomic E-state index is 9.96. The number of aliphatic hydroxyl groups is 1. The lowest BCUT2D eigenvalue weighted by molar-refractivity contribution is 0.157.